The Morgan fingerprint density at radius 1 is 1.44 bits per heavy atom. The molecule has 0 aromatic carbocycles. The van der Waals surface area contributed by atoms with Crippen LogP contribution in [0.1, 0.15) is 38.9 Å². The molecule has 1 aromatic rings. The number of thioether (sulfide) groups is 1. The molecule has 3 nitrogen and oxygen atoms in total. The predicted molar refractivity (Wildman–Crippen MR) is 68.5 cm³/mol. The lowest BCUT2D eigenvalue weighted by Gasteiger charge is -2.14. The molecule has 0 aliphatic carbocycles. The SMILES string of the molecule is CC[C@@H](N)c1ccc(SC(C)C(C)O)cn1. The summed E-state index contributed by atoms with van der Waals surface area (Å²) in [5.74, 6) is 0. The zero-order valence-electron chi connectivity index (χ0n) is 10.1. The first kappa shape index (κ1) is 13.5. The highest BCUT2D eigenvalue weighted by molar-refractivity contribution is 8.00. The number of pyridine rings is 1. The third kappa shape index (κ3) is 3.77. The minimum Gasteiger partial charge on any atom is -0.392 e. The molecule has 0 saturated carbocycles. The van der Waals surface area contributed by atoms with Gasteiger partial charge in [-0.3, -0.25) is 4.98 Å². The predicted octanol–water partition coefficient (Wildman–Crippen LogP) is 2.35. The van der Waals surface area contributed by atoms with Crippen LogP contribution in [0.25, 0.3) is 0 Å². The van der Waals surface area contributed by atoms with Gasteiger partial charge in [0.15, 0.2) is 0 Å². The number of hydrogen-bond acceptors (Lipinski definition) is 4. The largest absolute Gasteiger partial charge is 0.392 e. The molecule has 0 fully saturated rings. The maximum Gasteiger partial charge on any atom is 0.0631 e. The Labute approximate surface area is 101 Å². The smallest absolute Gasteiger partial charge is 0.0631 e. The molecular weight excluding hydrogens is 220 g/mol. The lowest BCUT2D eigenvalue weighted by atomic mass is 10.1. The van der Waals surface area contributed by atoms with E-state index in [1.54, 1.807) is 18.7 Å². The number of aliphatic hydroxyl groups excluding tert-OH is 1. The fraction of sp³-hybridized carbons (Fsp3) is 0.583. The molecule has 0 radical (unpaired) electrons. The van der Waals surface area contributed by atoms with Gasteiger partial charge in [-0.15, -0.1) is 11.8 Å². The van der Waals surface area contributed by atoms with E-state index in [0.717, 1.165) is 17.0 Å². The van der Waals surface area contributed by atoms with E-state index in [0.29, 0.717) is 0 Å². The first-order valence-corrected chi connectivity index (χ1v) is 6.48. The Kier molecular flexibility index (Phi) is 5.25. The minimum atomic E-state index is -0.317. The van der Waals surface area contributed by atoms with Crippen LogP contribution in [0.2, 0.25) is 0 Å². The quantitative estimate of drug-likeness (QED) is 0.776. The van der Waals surface area contributed by atoms with Gasteiger partial charge in [0.2, 0.25) is 0 Å². The number of aromatic nitrogens is 1. The first-order chi connectivity index (χ1) is 7.54. The van der Waals surface area contributed by atoms with Crippen LogP contribution in [0.4, 0.5) is 0 Å². The third-order valence-electron chi connectivity index (χ3n) is 2.58. The van der Waals surface area contributed by atoms with E-state index in [9.17, 15) is 5.11 Å². The van der Waals surface area contributed by atoms with Crippen LogP contribution >= 0.6 is 11.8 Å². The number of hydrogen-bond donors (Lipinski definition) is 2. The Balaban J connectivity index is 2.64. The molecule has 0 amide bonds. The average Bonchev–Trinajstić information content (AvgIpc) is 2.28. The number of nitrogens with two attached hydrogens (primary N) is 1. The van der Waals surface area contributed by atoms with Crippen molar-refractivity contribution in [3.8, 4) is 0 Å². The van der Waals surface area contributed by atoms with E-state index >= 15 is 0 Å². The van der Waals surface area contributed by atoms with E-state index in [2.05, 4.69) is 4.98 Å². The molecule has 0 saturated heterocycles. The average molecular weight is 240 g/mol. The van der Waals surface area contributed by atoms with Crippen LogP contribution in [0.5, 0.6) is 0 Å². The van der Waals surface area contributed by atoms with Crippen LogP contribution in [0.3, 0.4) is 0 Å². The zero-order valence-corrected chi connectivity index (χ0v) is 10.9. The monoisotopic (exact) mass is 240 g/mol. The highest BCUT2D eigenvalue weighted by atomic mass is 32.2. The second-order valence-electron chi connectivity index (χ2n) is 4.00. The van der Waals surface area contributed by atoms with Crippen LogP contribution in [-0.4, -0.2) is 21.4 Å². The maximum absolute atomic E-state index is 9.40. The molecule has 1 rings (SSSR count). The van der Waals surface area contributed by atoms with Crippen molar-refractivity contribution in [3.63, 3.8) is 0 Å². The van der Waals surface area contributed by atoms with Gasteiger partial charge in [-0.2, -0.15) is 0 Å². The van der Waals surface area contributed by atoms with Crippen LogP contribution in [-0.2, 0) is 0 Å². The van der Waals surface area contributed by atoms with Gasteiger partial charge in [-0.25, -0.2) is 0 Å². The fourth-order valence-corrected chi connectivity index (χ4v) is 2.09. The Morgan fingerprint density at radius 3 is 2.56 bits per heavy atom. The molecule has 2 unspecified atom stereocenters. The summed E-state index contributed by atoms with van der Waals surface area (Å²) in [4.78, 5) is 5.40. The van der Waals surface area contributed by atoms with Crippen molar-refractivity contribution >= 4 is 11.8 Å². The lowest BCUT2D eigenvalue weighted by molar-refractivity contribution is 0.196. The molecule has 1 aromatic heterocycles. The second kappa shape index (κ2) is 6.23. The second-order valence-corrected chi connectivity index (χ2v) is 5.45. The Morgan fingerprint density at radius 2 is 2.12 bits per heavy atom. The van der Waals surface area contributed by atoms with Crippen molar-refractivity contribution in [1.29, 1.82) is 0 Å². The molecule has 0 aliphatic rings. The van der Waals surface area contributed by atoms with Crippen LogP contribution in [0.15, 0.2) is 23.2 Å². The van der Waals surface area contributed by atoms with E-state index in [-0.39, 0.29) is 17.4 Å². The number of aliphatic hydroxyl groups is 1. The normalized spacial score (nSPS) is 16.8. The Bertz CT molecular complexity index is 313. The molecule has 90 valence electrons. The topological polar surface area (TPSA) is 59.1 Å². The molecule has 0 bridgehead atoms. The third-order valence-corrected chi connectivity index (χ3v) is 3.86. The van der Waals surface area contributed by atoms with Crippen LogP contribution < -0.4 is 5.73 Å². The van der Waals surface area contributed by atoms with E-state index < -0.39 is 0 Å². The van der Waals surface area contributed by atoms with E-state index in [4.69, 9.17) is 5.73 Å². The van der Waals surface area contributed by atoms with Crippen molar-refractivity contribution in [1.82, 2.24) is 4.98 Å². The maximum atomic E-state index is 9.40. The fourth-order valence-electron chi connectivity index (χ4n) is 1.20. The van der Waals surface area contributed by atoms with Gasteiger partial charge in [-0.05, 0) is 25.5 Å². The van der Waals surface area contributed by atoms with Gasteiger partial charge < -0.3 is 10.8 Å². The summed E-state index contributed by atoms with van der Waals surface area (Å²) >= 11 is 1.63. The number of nitrogens with zero attached hydrogens (tertiary/aromatic N) is 1. The lowest BCUT2D eigenvalue weighted by Crippen LogP contribution is -2.15. The van der Waals surface area contributed by atoms with Crippen molar-refractivity contribution < 1.29 is 5.11 Å². The summed E-state index contributed by atoms with van der Waals surface area (Å²) in [6.07, 6.45) is 2.40. The van der Waals surface area contributed by atoms with Crippen molar-refractivity contribution in [2.24, 2.45) is 5.73 Å². The summed E-state index contributed by atoms with van der Waals surface area (Å²) < 4.78 is 0. The van der Waals surface area contributed by atoms with Gasteiger partial charge in [0.1, 0.15) is 0 Å². The molecule has 3 atom stereocenters. The van der Waals surface area contributed by atoms with Gasteiger partial charge >= 0.3 is 0 Å². The molecule has 4 heteroatoms. The first-order valence-electron chi connectivity index (χ1n) is 5.60. The van der Waals surface area contributed by atoms with E-state index in [1.165, 1.54) is 0 Å². The summed E-state index contributed by atoms with van der Waals surface area (Å²) in [6.45, 7) is 5.85. The molecule has 0 aliphatic heterocycles. The molecule has 16 heavy (non-hydrogen) atoms. The Hall–Kier alpha value is -0.580. The molecular formula is C12H20N2OS. The van der Waals surface area contributed by atoms with Crippen molar-refractivity contribution in [2.75, 3.05) is 0 Å². The van der Waals surface area contributed by atoms with Gasteiger partial charge in [0, 0.05) is 22.4 Å². The van der Waals surface area contributed by atoms with Gasteiger partial charge in [0.25, 0.3) is 0 Å². The summed E-state index contributed by atoms with van der Waals surface area (Å²) in [5, 5.41) is 9.58. The summed E-state index contributed by atoms with van der Waals surface area (Å²) in [7, 11) is 0. The minimum absolute atomic E-state index is 0.0215. The van der Waals surface area contributed by atoms with Crippen LogP contribution in [0, 0.1) is 0 Å². The van der Waals surface area contributed by atoms with Crippen molar-refractivity contribution in [2.45, 2.75) is 49.5 Å². The summed E-state index contributed by atoms with van der Waals surface area (Å²) in [6, 6.07) is 4.00. The van der Waals surface area contributed by atoms with Gasteiger partial charge in [-0.1, -0.05) is 13.8 Å². The number of rotatable bonds is 5. The highest BCUT2D eigenvalue weighted by Gasteiger charge is 2.11. The van der Waals surface area contributed by atoms with Gasteiger partial charge in [0.05, 0.1) is 11.8 Å². The van der Waals surface area contributed by atoms with Crippen molar-refractivity contribution in [3.05, 3.63) is 24.0 Å². The molecule has 3 N–H and O–H groups in total. The van der Waals surface area contributed by atoms with E-state index in [1.807, 2.05) is 32.2 Å². The zero-order chi connectivity index (χ0) is 12.1. The highest BCUT2D eigenvalue weighted by Crippen LogP contribution is 2.25. The standard InChI is InChI=1S/C12H20N2OS/c1-4-11(13)12-6-5-10(7-14-12)16-9(3)8(2)15/h5-9,11,15H,4,13H2,1-3H3/t8?,9?,11-/m1/s1. The summed E-state index contributed by atoms with van der Waals surface area (Å²) in [5.41, 5.74) is 6.81. The molecule has 0 spiro atoms. The molecule has 1 heterocycles.